The van der Waals surface area contributed by atoms with Gasteiger partial charge >= 0.3 is 0 Å². The van der Waals surface area contributed by atoms with E-state index >= 15 is 0 Å². The summed E-state index contributed by atoms with van der Waals surface area (Å²) < 4.78 is 5.14. The van der Waals surface area contributed by atoms with E-state index in [1.807, 2.05) is 24.4 Å². The summed E-state index contributed by atoms with van der Waals surface area (Å²) in [5.41, 5.74) is 9.14. The molecule has 0 atom stereocenters. The third kappa shape index (κ3) is 4.93. The summed E-state index contributed by atoms with van der Waals surface area (Å²) in [6.45, 7) is 3.26. The van der Waals surface area contributed by atoms with Crippen molar-refractivity contribution in [2.24, 2.45) is 0 Å². The Labute approximate surface area is 203 Å². The number of methoxy groups -OCH3 is 1. The first-order valence-corrected chi connectivity index (χ1v) is 11.5. The summed E-state index contributed by atoms with van der Waals surface area (Å²) >= 11 is 0. The van der Waals surface area contributed by atoms with Gasteiger partial charge in [0, 0.05) is 43.4 Å². The average Bonchev–Trinajstić information content (AvgIpc) is 3.15. The van der Waals surface area contributed by atoms with Crippen molar-refractivity contribution in [2.45, 2.75) is 6.42 Å². The number of nitrogen functional groups attached to an aromatic ring is 1. The number of nitrogens with zero attached hydrogens (tertiary/aromatic N) is 5. The van der Waals surface area contributed by atoms with Crippen LogP contribution < -0.4 is 25.6 Å². The van der Waals surface area contributed by atoms with E-state index in [0.29, 0.717) is 17.4 Å². The molecule has 1 fully saturated rings. The lowest BCUT2D eigenvalue weighted by Crippen LogP contribution is -2.32. The van der Waals surface area contributed by atoms with Crippen molar-refractivity contribution >= 4 is 40.0 Å². The Kier molecular flexibility index (Phi) is 6.30. The highest BCUT2D eigenvalue weighted by Gasteiger charge is 2.20. The van der Waals surface area contributed by atoms with Gasteiger partial charge in [0.1, 0.15) is 17.1 Å². The standard InChI is InChI=1S/C26H27N7O2/c1-35-21-9-7-19(8-10-21)30-25(34)22-17-29-26(31-24(22)27)33-12-4-11-32(13-14-33)20-15-18-5-2-3-6-23(18)28-16-20/h2-3,5-10,15-17H,4,11-14H2,1H3,(H,30,34)(H2,27,29,31). The number of ether oxygens (including phenoxy) is 1. The molecule has 5 rings (SSSR count). The molecule has 0 saturated carbocycles. The van der Waals surface area contributed by atoms with Gasteiger partial charge in [0.2, 0.25) is 5.95 Å². The molecule has 1 aliphatic rings. The van der Waals surface area contributed by atoms with Gasteiger partial charge in [-0.15, -0.1) is 0 Å². The third-order valence-electron chi connectivity index (χ3n) is 6.12. The maximum absolute atomic E-state index is 12.7. The molecular formula is C26H27N7O2. The molecule has 0 unspecified atom stereocenters. The topological polar surface area (TPSA) is 110 Å². The quantitative estimate of drug-likeness (QED) is 0.456. The van der Waals surface area contributed by atoms with Gasteiger partial charge in [0.25, 0.3) is 5.91 Å². The molecule has 0 bridgehead atoms. The zero-order valence-corrected chi connectivity index (χ0v) is 19.5. The summed E-state index contributed by atoms with van der Waals surface area (Å²) in [7, 11) is 1.59. The SMILES string of the molecule is COc1ccc(NC(=O)c2cnc(N3CCCN(c4cnc5ccccc5c4)CC3)nc2N)cc1. The zero-order valence-electron chi connectivity index (χ0n) is 19.5. The van der Waals surface area contributed by atoms with Crippen LogP contribution in [0.2, 0.25) is 0 Å². The number of hydrogen-bond acceptors (Lipinski definition) is 8. The molecule has 4 aromatic rings. The Hall–Kier alpha value is -4.40. The highest BCUT2D eigenvalue weighted by atomic mass is 16.5. The second kappa shape index (κ2) is 9.84. The minimum Gasteiger partial charge on any atom is -0.497 e. The van der Waals surface area contributed by atoms with Gasteiger partial charge in [-0.05, 0) is 42.8 Å². The molecule has 0 radical (unpaired) electrons. The lowest BCUT2D eigenvalue weighted by Gasteiger charge is -2.24. The van der Waals surface area contributed by atoms with Crippen molar-refractivity contribution in [2.75, 3.05) is 54.1 Å². The van der Waals surface area contributed by atoms with Crippen molar-refractivity contribution < 1.29 is 9.53 Å². The summed E-state index contributed by atoms with van der Waals surface area (Å²) in [6, 6.07) is 17.4. The molecule has 178 valence electrons. The van der Waals surface area contributed by atoms with E-state index in [0.717, 1.165) is 49.2 Å². The molecule has 2 aromatic carbocycles. The van der Waals surface area contributed by atoms with Gasteiger partial charge in [0.15, 0.2) is 0 Å². The molecule has 9 nitrogen and oxygen atoms in total. The van der Waals surface area contributed by atoms with E-state index < -0.39 is 0 Å². The summed E-state index contributed by atoms with van der Waals surface area (Å²) in [5, 5.41) is 3.95. The number of carbonyl (C=O) groups is 1. The number of hydrogen-bond donors (Lipinski definition) is 2. The first-order chi connectivity index (χ1) is 17.1. The average molecular weight is 470 g/mol. The van der Waals surface area contributed by atoms with Crippen molar-refractivity contribution in [3.8, 4) is 5.75 Å². The number of carbonyl (C=O) groups excluding carboxylic acids is 1. The van der Waals surface area contributed by atoms with Gasteiger partial charge in [-0.25, -0.2) is 4.98 Å². The molecule has 1 saturated heterocycles. The van der Waals surface area contributed by atoms with Gasteiger partial charge in [-0.3, -0.25) is 9.78 Å². The van der Waals surface area contributed by atoms with Crippen LogP contribution in [0.25, 0.3) is 10.9 Å². The predicted octanol–water partition coefficient (Wildman–Crippen LogP) is 3.58. The molecule has 9 heteroatoms. The van der Waals surface area contributed by atoms with Crippen LogP contribution in [0.1, 0.15) is 16.8 Å². The number of pyridine rings is 1. The Morgan fingerprint density at radius 1 is 0.971 bits per heavy atom. The number of rotatable bonds is 5. The number of para-hydroxylation sites is 1. The van der Waals surface area contributed by atoms with E-state index in [1.165, 1.54) is 6.20 Å². The first-order valence-electron chi connectivity index (χ1n) is 11.5. The van der Waals surface area contributed by atoms with Crippen molar-refractivity contribution in [3.05, 3.63) is 72.6 Å². The van der Waals surface area contributed by atoms with Gasteiger partial charge in [0.05, 0.1) is 24.5 Å². The zero-order chi connectivity index (χ0) is 24.2. The fraction of sp³-hybridized carbons (Fsp3) is 0.231. The van der Waals surface area contributed by atoms with Crippen LogP contribution in [0.4, 0.5) is 23.1 Å². The van der Waals surface area contributed by atoms with E-state index in [9.17, 15) is 4.79 Å². The van der Waals surface area contributed by atoms with Gasteiger partial charge < -0.3 is 25.6 Å². The fourth-order valence-electron chi connectivity index (χ4n) is 4.19. The minimum absolute atomic E-state index is 0.154. The van der Waals surface area contributed by atoms with E-state index in [2.05, 4.69) is 42.2 Å². The van der Waals surface area contributed by atoms with Crippen LogP contribution in [0, 0.1) is 0 Å². The number of anilines is 4. The number of nitrogens with two attached hydrogens (primary N) is 1. The van der Waals surface area contributed by atoms with Crippen LogP contribution in [0.15, 0.2) is 67.0 Å². The normalized spacial score (nSPS) is 14.0. The maximum Gasteiger partial charge on any atom is 0.260 e. The lowest BCUT2D eigenvalue weighted by atomic mass is 10.2. The maximum atomic E-state index is 12.7. The number of nitrogens with one attached hydrogen (secondary N) is 1. The monoisotopic (exact) mass is 469 g/mol. The largest absolute Gasteiger partial charge is 0.497 e. The van der Waals surface area contributed by atoms with Gasteiger partial charge in [-0.2, -0.15) is 4.98 Å². The third-order valence-corrected chi connectivity index (χ3v) is 6.12. The van der Waals surface area contributed by atoms with Crippen LogP contribution in [-0.2, 0) is 0 Å². The molecule has 2 aromatic heterocycles. The molecule has 3 heterocycles. The minimum atomic E-state index is -0.356. The number of aromatic nitrogens is 3. The smallest absolute Gasteiger partial charge is 0.260 e. The molecule has 3 N–H and O–H groups in total. The highest BCUT2D eigenvalue weighted by Crippen LogP contribution is 2.23. The molecule has 0 aliphatic carbocycles. The van der Waals surface area contributed by atoms with E-state index in [1.54, 1.807) is 31.4 Å². The van der Waals surface area contributed by atoms with E-state index in [-0.39, 0.29) is 17.3 Å². The predicted molar refractivity (Wildman–Crippen MR) is 138 cm³/mol. The Bertz CT molecular complexity index is 1340. The summed E-state index contributed by atoms with van der Waals surface area (Å²) in [4.78, 5) is 30.6. The Morgan fingerprint density at radius 2 is 1.74 bits per heavy atom. The summed E-state index contributed by atoms with van der Waals surface area (Å²) in [6.07, 6.45) is 4.37. The van der Waals surface area contributed by atoms with E-state index in [4.69, 9.17) is 10.5 Å². The van der Waals surface area contributed by atoms with Crippen LogP contribution in [-0.4, -0.2) is 54.1 Å². The van der Waals surface area contributed by atoms with Crippen molar-refractivity contribution in [1.29, 1.82) is 0 Å². The van der Waals surface area contributed by atoms with Crippen LogP contribution in [0.3, 0.4) is 0 Å². The molecular weight excluding hydrogens is 442 g/mol. The number of fused-ring (bicyclic) bond motifs is 1. The molecule has 0 spiro atoms. The fourth-order valence-corrected chi connectivity index (χ4v) is 4.19. The van der Waals surface area contributed by atoms with Gasteiger partial charge in [-0.1, -0.05) is 18.2 Å². The molecule has 1 aliphatic heterocycles. The molecule has 1 amide bonds. The number of amides is 1. The second-order valence-electron chi connectivity index (χ2n) is 8.37. The second-order valence-corrected chi connectivity index (χ2v) is 8.37. The number of benzene rings is 2. The Balaban J connectivity index is 1.26. The highest BCUT2D eigenvalue weighted by molar-refractivity contribution is 6.07. The van der Waals surface area contributed by atoms with Crippen molar-refractivity contribution in [3.63, 3.8) is 0 Å². The first kappa shape index (κ1) is 22.4. The summed E-state index contributed by atoms with van der Waals surface area (Å²) in [5.74, 6) is 1.04. The lowest BCUT2D eigenvalue weighted by molar-refractivity contribution is 0.102. The van der Waals surface area contributed by atoms with Crippen LogP contribution >= 0.6 is 0 Å². The molecule has 35 heavy (non-hydrogen) atoms. The van der Waals surface area contributed by atoms with Crippen molar-refractivity contribution in [1.82, 2.24) is 15.0 Å². The Morgan fingerprint density at radius 3 is 2.54 bits per heavy atom. The van der Waals surface area contributed by atoms with Crippen LogP contribution in [0.5, 0.6) is 5.75 Å².